The normalized spacial score (nSPS) is 22.1. The number of hydrogen-bond acceptors (Lipinski definition) is 5. The first-order chi connectivity index (χ1) is 13.3. The van der Waals surface area contributed by atoms with E-state index >= 15 is 0 Å². The van der Waals surface area contributed by atoms with Crippen LogP contribution in [0.25, 0.3) is 11.3 Å². The van der Waals surface area contributed by atoms with Crippen molar-refractivity contribution < 1.29 is 0 Å². The molecule has 0 N–H and O–H groups in total. The van der Waals surface area contributed by atoms with Crippen LogP contribution in [0.3, 0.4) is 0 Å². The molecule has 5 nitrogen and oxygen atoms in total. The summed E-state index contributed by atoms with van der Waals surface area (Å²) in [5.74, 6) is 2.45. The van der Waals surface area contributed by atoms with Crippen molar-refractivity contribution in [3.63, 3.8) is 0 Å². The van der Waals surface area contributed by atoms with Gasteiger partial charge in [0.25, 0.3) is 0 Å². The quantitative estimate of drug-likeness (QED) is 0.718. The number of pyridine rings is 1. The second-order valence-electron chi connectivity index (χ2n) is 7.62. The van der Waals surface area contributed by atoms with Gasteiger partial charge in [-0.05, 0) is 41.7 Å². The molecule has 2 saturated heterocycles. The summed E-state index contributed by atoms with van der Waals surface area (Å²) in [5.41, 5.74) is 3.29. The van der Waals surface area contributed by atoms with E-state index < -0.39 is 0 Å². The van der Waals surface area contributed by atoms with E-state index in [2.05, 4.69) is 67.4 Å². The molecule has 0 spiro atoms. The van der Waals surface area contributed by atoms with Gasteiger partial charge in [-0.3, -0.25) is 9.88 Å². The molecule has 2 fully saturated rings. The first-order valence-electron chi connectivity index (χ1n) is 9.60. The summed E-state index contributed by atoms with van der Waals surface area (Å²) in [6.07, 6.45) is 3.60. The van der Waals surface area contributed by atoms with E-state index in [-0.39, 0.29) is 0 Å². The summed E-state index contributed by atoms with van der Waals surface area (Å²) in [5, 5.41) is 8.90. The molecule has 0 amide bonds. The monoisotopic (exact) mass is 357 g/mol. The third-order valence-electron chi connectivity index (χ3n) is 5.74. The van der Waals surface area contributed by atoms with Crippen LogP contribution in [0, 0.1) is 11.8 Å². The number of nitrogens with zero attached hydrogens (tertiary/aromatic N) is 5. The van der Waals surface area contributed by atoms with Crippen LogP contribution in [-0.4, -0.2) is 46.3 Å². The lowest BCUT2D eigenvalue weighted by Gasteiger charge is -2.22. The van der Waals surface area contributed by atoms with Crippen LogP contribution in [0.2, 0.25) is 0 Å². The zero-order chi connectivity index (χ0) is 18.1. The Labute approximate surface area is 159 Å². The number of likely N-dealkylation sites (tertiary alicyclic amines) is 1. The number of hydrogen-bond donors (Lipinski definition) is 0. The Bertz CT molecular complexity index is 868. The van der Waals surface area contributed by atoms with Gasteiger partial charge >= 0.3 is 0 Å². The molecule has 2 aliphatic heterocycles. The van der Waals surface area contributed by atoms with Crippen LogP contribution in [-0.2, 0) is 6.54 Å². The van der Waals surface area contributed by atoms with Gasteiger partial charge in [0, 0.05) is 50.7 Å². The minimum Gasteiger partial charge on any atom is -0.354 e. The fourth-order valence-electron chi connectivity index (χ4n) is 4.41. The number of rotatable bonds is 4. The average Bonchev–Trinajstić information content (AvgIpc) is 3.28. The molecular formula is C22H23N5. The summed E-state index contributed by atoms with van der Waals surface area (Å²) in [4.78, 5) is 9.15. The fourth-order valence-corrected chi connectivity index (χ4v) is 4.41. The van der Waals surface area contributed by atoms with E-state index in [0.717, 1.165) is 48.5 Å². The highest BCUT2D eigenvalue weighted by atomic mass is 15.3. The second-order valence-corrected chi connectivity index (χ2v) is 7.62. The zero-order valence-electron chi connectivity index (χ0n) is 15.3. The van der Waals surface area contributed by atoms with Gasteiger partial charge in [0.1, 0.15) is 0 Å². The van der Waals surface area contributed by atoms with Crippen molar-refractivity contribution in [3.05, 3.63) is 72.6 Å². The Hall–Kier alpha value is -2.79. The highest BCUT2D eigenvalue weighted by Crippen LogP contribution is 2.34. The maximum atomic E-state index is 4.49. The molecule has 136 valence electrons. The van der Waals surface area contributed by atoms with E-state index in [4.69, 9.17) is 0 Å². The van der Waals surface area contributed by atoms with Gasteiger partial charge in [0.2, 0.25) is 0 Å². The van der Waals surface area contributed by atoms with Crippen molar-refractivity contribution in [2.45, 2.75) is 6.54 Å². The molecule has 4 heterocycles. The van der Waals surface area contributed by atoms with E-state index in [1.54, 1.807) is 6.20 Å². The Kier molecular flexibility index (Phi) is 4.30. The molecule has 1 aromatic carbocycles. The van der Waals surface area contributed by atoms with Crippen molar-refractivity contribution in [2.75, 3.05) is 31.1 Å². The number of anilines is 1. The predicted octanol–water partition coefficient (Wildman–Crippen LogP) is 3.11. The third-order valence-corrected chi connectivity index (χ3v) is 5.74. The Morgan fingerprint density at radius 3 is 2.30 bits per heavy atom. The summed E-state index contributed by atoms with van der Waals surface area (Å²) in [6, 6.07) is 18.9. The minimum atomic E-state index is 0.730. The lowest BCUT2D eigenvalue weighted by Crippen LogP contribution is -2.29. The number of fused-ring (bicyclic) bond motifs is 1. The maximum absolute atomic E-state index is 4.49. The topological polar surface area (TPSA) is 45.2 Å². The third kappa shape index (κ3) is 3.43. The van der Waals surface area contributed by atoms with Crippen molar-refractivity contribution in [1.29, 1.82) is 0 Å². The van der Waals surface area contributed by atoms with Gasteiger partial charge in [0.15, 0.2) is 5.82 Å². The van der Waals surface area contributed by atoms with Crippen molar-refractivity contribution >= 4 is 5.82 Å². The van der Waals surface area contributed by atoms with Crippen molar-refractivity contribution in [1.82, 2.24) is 20.1 Å². The zero-order valence-corrected chi connectivity index (χ0v) is 15.3. The summed E-state index contributed by atoms with van der Waals surface area (Å²) < 4.78 is 0. The molecule has 2 unspecified atom stereocenters. The molecular weight excluding hydrogens is 334 g/mol. The van der Waals surface area contributed by atoms with Gasteiger partial charge < -0.3 is 4.90 Å². The fraction of sp³-hybridized carbons (Fsp3) is 0.318. The Morgan fingerprint density at radius 1 is 0.815 bits per heavy atom. The Morgan fingerprint density at radius 2 is 1.63 bits per heavy atom. The van der Waals surface area contributed by atoms with Gasteiger partial charge in [-0.25, -0.2) is 0 Å². The standard InChI is InChI=1S/C22H23N5/c1-2-5-17(6-3-1)12-26-13-19-15-27(16-20(19)14-26)22-9-8-21(24-25-22)18-7-4-10-23-11-18/h1-11,19-20H,12-16H2. The largest absolute Gasteiger partial charge is 0.354 e. The molecule has 5 heteroatoms. The maximum Gasteiger partial charge on any atom is 0.151 e. The van der Waals surface area contributed by atoms with Crippen LogP contribution < -0.4 is 4.90 Å². The lowest BCUT2D eigenvalue weighted by molar-refractivity contribution is 0.309. The molecule has 27 heavy (non-hydrogen) atoms. The molecule has 0 saturated carbocycles. The van der Waals surface area contributed by atoms with E-state index in [1.807, 2.05) is 18.3 Å². The SMILES string of the molecule is c1ccc(CN2CC3CN(c4ccc(-c5cccnc5)nn4)CC3C2)cc1. The molecule has 2 aromatic heterocycles. The molecule has 2 aliphatic rings. The Balaban J connectivity index is 1.21. The van der Waals surface area contributed by atoms with Crippen LogP contribution in [0.1, 0.15) is 5.56 Å². The smallest absolute Gasteiger partial charge is 0.151 e. The first-order valence-corrected chi connectivity index (χ1v) is 9.60. The number of benzene rings is 1. The van der Waals surface area contributed by atoms with Crippen LogP contribution in [0.15, 0.2) is 67.0 Å². The van der Waals surface area contributed by atoms with Crippen molar-refractivity contribution in [3.8, 4) is 11.3 Å². The second kappa shape index (κ2) is 7.08. The first kappa shape index (κ1) is 16.4. The van der Waals surface area contributed by atoms with Gasteiger partial charge in [-0.2, -0.15) is 0 Å². The molecule has 2 atom stereocenters. The molecule has 0 aliphatic carbocycles. The van der Waals surface area contributed by atoms with Gasteiger partial charge in [-0.15, -0.1) is 10.2 Å². The summed E-state index contributed by atoms with van der Waals surface area (Å²) in [6.45, 7) is 5.58. The van der Waals surface area contributed by atoms with Crippen molar-refractivity contribution in [2.24, 2.45) is 11.8 Å². The van der Waals surface area contributed by atoms with Crippen LogP contribution in [0.5, 0.6) is 0 Å². The molecule has 0 radical (unpaired) electrons. The minimum absolute atomic E-state index is 0.730. The number of aromatic nitrogens is 3. The highest BCUT2D eigenvalue weighted by Gasteiger charge is 2.40. The predicted molar refractivity (Wildman–Crippen MR) is 106 cm³/mol. The summed E-state index contributed by atoms with van der Waals surface area (Å²) >= 11 is 0. The molecule has 0 bridgehead atoms. The van der Waals surface area contributed by atoms with Crippen LogP contribution >= 0.6 is 0 Å². The average molecular weight is 357 g/mol. The van der Waals surface area contributed by atoms with Gasteiger partial charge in [-0.1, -0.05) is 30.3 Å². The van der Waals surface area contributed by atoms with Crippen LogP contribution in [0.4, 0.5) is 5.82 Å². The molecule has 5 rings (SSSR count). The summed E-state index contributed by atoms with van der Waals surface area (Å²) in [7, 11) is 0. The van der Waals surface area contributed by atoms with E-state index in [9.17, 15) is 0 Å². The highest BCUT2D eigenvalue weighted by molar-refractivity contribution is 5.58. The van der Waals surface area contributed by atoms with E-state index in [0.29, 0.717) is 0 Å². The van der Waals surface area contributed by atoms with E-state index in [1.165, 1.54) is 18.7 Å². The lowest BCUT2D eigenvalue weighted by atomic mass is 10.0. The van der Waals surface area contributed by atoms with Gasteiger partial charge in [0.05, 0.1) is 5.69 Å². The molecule has 3 aromatic rings.